The van der Waals surface area contributed by atoms with Gasteiger partial charge in [-0.25, -0.2) is 17.6 Å². The van der Waals surface area contributed by atoms with Crippen molar-refractivity contribution in [1.82, 2.24) is 0 Å². The molecule has 0 radical (unpaired) electrons. The van der Waals surface area contributed by atoms with Gasteiger partial charge in [-0.3, -0.25) is 9.10 Å². The van der Waals surface area contributed by atoms with Gasteiger partial charge in [0.1, 0.15) is 5.82 Å². The van der Waals surface area contributed by atoms with E-state index in [0.29, 0.717) is 22.5 Å². The molecule has 7 nitrogen and oxygen atoms in total. The number of hydrogen-bond acceptors (Lipinski definition) is 5. The number of esters is 1. The molecule has 2 aromatic rings. The average Bonchev–Trinajstić information content (AvgIpc) is 2.66. The van der Waals surface area contributed by atoms with Crippen LogP contribution < -0.4 is 9.62 Å². The van der Waals surface area contributed by atoms with E-state index in [4.69, 9.17) is 4.74 Å². The SMILES string of the molecule is COC(=O)c1cccc(NC(=O)CCCN(c2ccc(F)cc2)S(C)(=O)=O)c1C. The van der Waals surface area contributed by atoms with Crippen molar-refractivity contribution in [3.8, 4) is 0 Å². The summed E-state index contributed by atoms with van der Waals surface area (Å²) in [6, 6.07) is 10.0. The quantitative estimate of drug-likeness (QED) is 0.660. The molecule has 2 aromatic carbocycles. The van der Waals surface area contributed by atoms with Crippen LogP contribution >= 0.6 is 0 Å². The number of nitrogens with one attached hydrogen (secondary N) is 1. The van der Waals surface area contributed by atoms with Gasteiger partial charge in [0.25, 0.3) is 0 Å². The molecular formula is C20H23FN2O5S. The monoisotopic (exact) mass is 422 g/mol. The van der Waals surface area contributed by atoms with E-state index in [1.165, 1.54) is 31.4 Å². The fraction of sp³-hybridized carbons (Fsp3) is 0.300. The lowest BCUT2D eigenvalue weighted by molar-refractivity contribution is -0.116. The highest BCUT2D eigenvalue weighted by Gasteiger charge is 2.18. The zero-order chi connectivity index (χ0) is 21.6. The highest BCUT2D eigenvalue weighted by molar-refractivity contribution is 7.92. The first kappa shape index (κ1) is 22.4. The van der Waals surface area contributed by atoms with Gasteiger partial charge in [0, 0.05) is 18.7 Å². The predicted molar refractivity (Wildman–Crippen MR) is 109 cm³/mol. The van der Waals surface area contributed by atoms with E-state index in [-0.39, 0.29) is 25.3 Å². The van der Waals surface area contributed by atoms with Gasteiger partial charge >= 0.3 is 5.97 Å². The Labute approximate surface area is 169 Å². The Hall–Kier alpha value is -2.94. The smallest absolute Gasteiger partial charge is 0.338 e. The summed E-state index contributed by atoms with van der Waals surface area (Å²) in [4.78, 5) is 24.0. The van der Waals surface area contributed by atoms with E-state index < -0.39 is 21.8 Å². The first-order valence-electron chi connectivity index (χ1n) is 8.84. The lowest BCUT2D eigenvalue weighted by atomic mass is 10.1. The number of ether oxygens (including phenoxy) is 1. The van der Waals surface area contributed by atoms with Crippen molar-refractivity contribution < 1.29 is 27.1 Å². The number of rotatable bonds is 8. The molecule has 9 heteroatoms. The van der Waals surface area contributed by atoms with Gasteiger partial charge in [-0.15, -0.1) is 0 Å². The van der Waals surface area contributed by atoms with E-state index in [2.05, 4.69) is 5.32 Å². The molecule has 1 N–H and O–H groups in total. The Morgan fingerprint density at radius 3 is 2.38 bits per heavy atom. The number of sulfonamides is 1. The number of benzene rings is 2. The average molecular weight is 422 g/mol. The number of nitrogens with zero attached hydrogens (tertiary/aromatic N) is 1. The number of methoxy groups -OCH3 is 1. The van der Waals surface area contributed by atoms with Crippen molar-refractivity contribution in [3.63, 3.8) is 0 Å². The molecule has 0 saturated heterocycles. The summed E-state index contributed by atoms with van der Waals surface area (Å²) in [6.45, 7) is 1.76. The molecule has 0 spiro atoms. The van der Waals surface area contributed by atoms with Crippen LogP contribution in [0, 0.1) is 12.7 Å². The zero-order valence-corrected chi connectivity index (χ0v) is 17.3. The molecule has 0 aliphatic carbocycles. The number of carbonyl (C=O) groups is 2. The predicted octanol–water partition coefficient (Wildman–Crippen LogP) is 3.11. The number of carbonyl (C=O) groups excluding carboxylic acids is 2. The van der Waals surface area contributed by atoms with Crippen LogP contribution in [0.2, 0.25) is 0 Å². The summed E-state index contributed by atoms with van der Waals surface area (Å²) in [7, 11) is -2.31. The molecule has 0 atom stereocenters. The largest absolute Gasteiger partial charge is 0.465 e. The summed E-state index contributed by atoms with van der Waals surface area (Å²) in [5.74, 6) is -1.28. The van der Waals surface area contributed by atoms with Crippen LogP contribution in [-0.4, -0.2) is 40.2 Å². The Morgan fingerprint density at radius 2 is 1.79 bits per heavy atom. The number of halogens is 1. The molecule has 0 aliphatic rings. The van der Waals surface area contributed by atoms with Gasteiger partial charge < -0.3 is 10.1 Å². The molecular weight excluding hydrogens is 399 g/mol. The summed E-state index contributed by atoms with van der Waals surface area (Å²) in [5.41, 5.74) is 1.74. The van der Waals surface area contributed by atoms with Gasteiger partial charge in [-0.1, -0.05) is 6.07 Å². The maximum absolute atomic E-state index is 13.1. The van der Waals surface area contributed by atoms with E-state index in [0.717, 1.165) is 10.6 Å². The lowest BCUT2D eigenvalue weighted by Crippen LogP contribution is -2.31. The number of hydrogen-bond donors (Lipinski definition) is 1. The molecule has 156 valence electrons. The van der Waals surface area contributed by atoms with Crippen LogP contribution in [0.25, 0.3) is 0 Å². The standard InChI is InChI=1S/C20H23FN2O5S/c1-14-17(20(25)28-2)6-4-7-18(14)22-19(24)8-5-13-23(29(3,26)27)16-11-9-15(21)10-12-16/h4,6-7,9-12H,5,8,13H2,1-3H3,(H,22,24). The fourth-order valence-electron chi connectivity index (χ4n) is 2.79. The third kappa shape index (κ3) is 6.02. The maximum Gasteiger partial charge on any atom is 0.338 e. The second-order valence-corrected chi connectivity index (χ2v) is 8.34. The van der Waals surface area contributed by atoms with E-state index >= 15 is 0 Å². The molecule has 2 rings (SSSR count). The summed E-state index contributed by atoms with van der Waals surface area (Å²) < 4.78 is 43.0. The topological polar surface area (TPSA) is 92.8 Å². The van der Waals surface area contributed by atoms with Gasteiger partial charge in [0.05, 0.1) is 24.6 Å². The van der Waals surface area contributed by atoms with Crippen LogP contribution in [0.3, 0.4) is 0 Å². The van der Waals surface area contributed by atoms with Gasteiger partial charge in [-0.2, -0.15) is 0 Å². The molecule has 0 aromatic heterocycles. The normalized spacial score (nSPS) is 11.0. The van der Waals surface area contributed by atoms with Crippen molar-refractivity contribution in [2.75, 3.05) is 29.5 Å². The fourth-order valence-corrected chi connectivity index (χ4v) is 3.76. The van der Waals surface area contributed by atoms with Crippen molar-refractivity contribution in [3.05, 3.63) is 59.4 Å². The molecule has 29 heavy (non-hydrogen) atoms. The third-order valence-corrected chi connectivity index (χ3v) is 5.49. The highest BCUT2D eigenvalue weighted by atomic mass is 32.2. The molecule has 0 saturated carbocycles. The van der Waals surface area contributed by atoms with E-state index in [1.54, 1.807) is 25.1 Å². The van der Waals surface area contributed by atoms with Crippen LogP contribution in [-0.2, 0) is 19.6 Å². The minimum atomic E-state index is -3.58. The van der Waals surface area contributed by atoms with Gasteiger partial charge in [-0.05, 0) is 55.3 Å². The van der Waals surface area contributed by atoms with Gasteiger partial charge in [0.15, 0.2) is 0 Å². The second-order valence-electron chi connectivity index (χ2n) is 6.43. The second kappa shape index (κ2) is 9.51. The van der Waals surface area contributed by atoms with Crippen LogP contribution in [0.4, 0.5) is 15.8 Å². The minimum absolute atomic E-state index is 0.0646. The molecule has 0 bridgehead atoms. The molecule has 0 heterocycles. The first-order valence-corrected chi connectivity index (χ1v) is 10.7. The van der Waals surface area contributed by atoms with Crippen LogP contribution in [0.15, 0.2) is 42.5 Å². The van der Waals surface area contributed by atoms with E-state index in [9.17, 15) is 22.4 Å². The lowest BCUT2D eigenvalue weighted by Gasteiger charge is -2.22. The van der Waals surface area contributed by atoms with Crippen LogP contribution in [0.1, 0.15) is 28.8 Å². The minimum Gasteiger partial charge on any atom is -0.465 e. The first-order chi connectivity index (χ1) is 13.6. The molecule has 0 fully saturated rings. The highest BCUT2D eigenvalue weighted by Crippen LogP contribution is 2.21. The Morgan fingerprint density at radius 1 is 1.14 bits per heavy atom. The van der Waals surface area contributed by atoms with Crippen molar-refractivity contribution in [1.29, 1.82) is 0 Å². The van der Waals surface area contributed by atoms with Crippen molar-refractivity contribution in [2.45, 2.75) is 19.8 Å². The van der Waals surface area contributed by atoms with Crippen molar-refractivity contribution >= 4 is 33.3 Å². The third-order valence-electron chi connectivity index (χ3n) is 4.29. The Bertz CT molecular complexity index is 990. The van der Waals surface area contributed by atoms with Crippen molar-refractivity contribution in [2.24, 2.45) is 0 Å². The Balaban J connectivity index is 2.01. The van der Waals surface area contributed by atoms with E-state index in [1.807, 2.05) is 0 Å². The number of anilines is 2. The summed E-state index contributed by atoms with van der Waals surface area (Å²) in [6.07, 6.45) is 1.37. The molecule has 1 amide bonds. The molecule has 0 aliphatic heterocycles. The van der Waals surface area contributed by atoms with Gasteiger partial charge in [0.2, 0.25) is 15.9 Å². The summed E-state index contributed by atoms with van der Waals surface area (Å²) in [5, 5.41) is 2.73. The Kier molecular flexibility index (Phi) is 7.33. The van der Waals surface area contributed by atoms with Crippen LogP contribution in [0.5, 0.6) is 0 Å². The number of amides is 1. The molecule has 0 unspecified atom stereocenters. The summed E-state index contributed by atoms with van der Waals surface area (Å²) >= 11 is 0. The zero-order valence-electron chi connectivity index (χ0n) is 16.4. The maximum atomic E-state index is 13.1.